The fraction of sp³-hybridized carbons (Fsp3) is 0.385. The van der Waals surface area contributed by atoms with Gasteiger partial charge in [-0.05, 0) is 25.6 Å². The lowest BCUT2D eigenvalue weighted by Crippen LogP contribution is -2.06. The van der Waals surface area contributed by atoms with E-state index in [1.807, 2.05) is 6.07 Å². The van der Waals surface area contributed by atoms with E-state index >= 15 is 0 Å². The average Bonchev–Trinajstić information content (AvgIpc) is 2.36. The number of nitro benzene ring substituents is 1. The average molecular weight is 248 g/mol. The van der Waals surface area contributed by atoms with Crippen LogP contribution in [0, 0.1) is 22.0 Å². The van der Waals surface area contributed by atoms with Gasteiger partial charge in [0, 0.05) is 19.0 Å². The molecule has 0 spiro atoms. The summed E-state index contributed by atoms with van der Waals surface area (Å²) in [5.41, 5.74) is 0.845. The Morgan fingerprint density at radius 2 is 2.28 bits per heavy atom. The topological polar surface area (TPSA) is 64.4 Å². The number of nitro groups is 1. The molecule has 0 aromatic heterocycles. The molecule has 0 heterocycles. The number of benzene rings is 1. The van der Waals surface area contributed by atoms with E-state index in [9.17, 15) is 10.1 Å². The molecule has 0 amide bonds. The third-order valence-corrected chi connectivity index (χ3v) is 2.26. The predicted molar refractivity (Wildman–Crippen MR) is 69.4 cm³/mol. The molecular formula is C13H16N2O3. The maximum Gasteiger partial charge on any atom is 0.311 e. The van der Waals surface area contributed by atoms with Gasteiger partial charge in [-0.3, -0.25) is 10.1 Å². The molecule has 1 aromatic rings. The maximum atomic E-state index is 10.9. The number of rotatable bonds is 6. The standard InChI is InChI=1S/C13H16N2O3/c1-3-4-5-8-18-13-7-6-11(10-14-2)9-12(13)15(16)17/h6-7,9,14H,5,8,10H2,1-2H3. The number of hydrogen-bond donors (Lipinski definition) is 1. The van der Waals surface area contributed by atoms with E-state index in [0.29, 0.717) is 19.6 Å². The fourth-order valence-corrected chi connectivity index (χ4v) is 1.48. The molecule has 96 valence electrons. The van der Waals surface area contributed by atoms with Crippen LogP contribution in [0.3, 0.4) is 0 Å². The monoisotopic (exact) mass is 248 g/mol. The molecule has 5 heteroatoms. The van der Waals surface area contributed by atoms with E-state index < -0.39 is 4.92 Å². The van der Waals surface area contributed by atoms with Gasteiger partial charge in [-0.1, -0.05) is 6.07 Å². The first-order valence-corrected chi connectivity index (χ1v) is 5.63. The van der Waals surface area contributed by atoms with Crippen LogP contribution >= 0.6 is 0 Å². The molecular weight excluding hydrogens is 232 g/mol. The lowest BCUT2D eigenvalue weighted by molar-refractivity contribution is -0.385. The van der Waals surface area contributed by atoms with Crippen molar-refractivity contribution in [2.75, 3.05) is 13.7 Å². The van der Waals surface area contributed by atoms with E-state index in [0.717, 1.165) is 5.56 Å². The molecule has 0 unspecified atom stereocenters. The molecule has 0 aliphatic heterocycles. The van der Waals surface area contributed by atoms with Crippen molar-refractivity contribution < 1.29 is 9.66 Å². The predicted octanol–water partition coefficient (Wildman–Crippen LogP) is 2.11. The third-order valence-electron chi connectivity index (χ3n) is 2.26. The van der Waals surface area contributed by atoms with Crippen molar-refractivity contribution in [3.63, 3.8) is 0 Å². The van der Waals surface area contributed by atoms with Crippen LogP contribution in [0.2, 0.25) is 0 Å². The number of ether oxygens (including phenoxy) is 1. The Morgan fingerprint density at radius 1 is 1.50 bits per heavy atom. The first kappa shape index (κ1) is 14.0. The van der Waals surface area contributed by atoms with Gasteiger partial charge in [0.2, 0.25) is 0 Å². The molecule has 0 saturated heterocycles. The van der Waals surface area contributed by atoms with Gasteiger partial charge in [0.1, 0.15) is 0 Å². The molecule has 0 aliphatic rings. The largest absolute Gasteiger partial charge is 0.486 e. The van der Waals surface area contributed by atoms with Gasteiger partial charge in [0.25, 0.3) is 0 Å². The smallest absolute Gasteiger partial charge is 0.311 e. The molecule has 5 nitrogen and oxygen atoms in total. The van der Waals surface area contributed by atoms with E-state index in [-0.39, 0.29) is 11.4 Å². The Balaban J connectivity index is 2.81. The zero-order chi connectivity index (χ0) is 13.4. The van der Waals surface area contributed by atoms with Crippen LogP contribution in [-0.2, 0) is 6.54 Å². The fourth-order valence-electron chi connectivity index (χ4n) is 1.48. The maximum absolute atomic E-state index is 10.9. The normalized spacial score (nSPS) is 9.44. The summed E-state index contributed by atoms with van der Waals surface area (Å²) in [6.45, 7) is 2.68. The Morgan fingerprint density at radius 3 is 2.89 bits per heavy atom. The SMILES string of the molecule is CC#CCCOc1ccc(CNC)cc1[N+](=O)[O-]. The lowest BCUT2D eigenvalue weighted by atomic mass is 10.2. The van der Waals surface area contributed by atoms with Gasteiger partial charge in [0.15, 0.2) is 5.75 Å². The second-order valence-corrected chi connectivity index (χ2v) is 3.61. The molecule has 1 N–H and O–H groups in total. The first-order valence-electron chi connectivity index (χ1n) is 5.63. The van der Waals surface area contributed by atoms with Crippen molar-refractivity contribution in [2.24, 2.45) is 0 Å². The summed E-state index contributed by atoms with van der Waals surface area (Å²) in [7, 11) is 1.79. The Bertz CT molecular complexity index is 475. The van der Waals surface area contributed by atoms with Crippen LogP contribution in [-0.4, -0.2) is 18.6 Å². The number of nitrogens with one attached hydrogen (secondary N) is 1. The molecule has 1 rings (SSSR count). The van der Waals surface area contributed by atoms with Crippen molar-refractivity contribution >= 4 is 5.69 Å². The summed E-state index contributed by atoms with van der Waals surface area (Å²) < 4.78 is 5.37. The minimum Gasteiger partial charge on any atom is -0.486 e. The van der Waals surface area contributed by atoms with Crippen molar-refractivity contribution in [3.05, 3.63) is 33.9 Å². The van der Waals surface area contributed by atoms with Crippen LogP contribution in [0.1, 0.15) is 18.9 Å². The van der Waals surface area contributed by atoms with E-state index in [2.05, 4.69) is 17.2 Å². The highest BCUT2D eigenvalue weighted by Gasteiger charge is 2.15. The molecule has 0 fully saturated rings. The number of hydrogen-bond acceptors (Lipinski definition) is 4. The quantitative estimate of drug-likeness (QED) is 0.362. The molecule has 0 aliphatic carbocycles. The van der Waals surface area contributed by atoms with Crippen LogP contribution < -0.4 is 10.1 Å². The van der Waals surface area contributed by atoms with Crippen LogP contribution in [0.4, 0.5) is 5.69 Å². The van der Waals surface area contributed by atoms with Crippen LogP contribution in [0.15, 0.2) is 18.2 Å². The highest BCUT2D eigenvalue weighted by Crippen LogP contribution is 2.28. The summed E-state index contributed by atoms with van der Waals surface area (Å²) >= 11 is 0. The second kappa shape index (κ2) is 7.30. The summed E-state index contributed by atoms with van der Waals surface area (Å²) in [6, 6.07) is 4.96. The summed E-state index contributed by atoms with van der Waals surface area (Å²) in [4.78, 5) is 10.5. The van der Waals surface area contributed by atoms with Gasteiger partial charge in [-0.15, -0.1) is 11.8 Å². The molecule has 1 aromatic carbocycles. The molecule has 18 heavy (non-hydrogen) atoms. The molecule has 0 radical (unpaired) electrons. The van der Waals surface area contributed by atoms with Gasteiger partial charge in [0.05, 0.1) is 11.5 Å². The second-order valence-electron chi connectivity index (χ2n) is 3.61. The molecule has 0 bridgehead atoms. The lowest BCUT2D eigenvalue weighted by Gasteiger charge is -2.06. The van der Waals surface area contributed by atoms with Crippen molar-refractivity contribution in [1.29, 1.82) is 0 Å². The zero-order valence-electron chi connectivity index (χ0n) is 10.5. The van der Waals surface area contributed by atoms with E-state index in [4.69, 9.17) is 4.74 Å². The van der Waals surface area contributed by atoms with E-state index in [1.54, 1.807) is 20.0 Å². The van der Waals surface area contributed by atoms with Crippen molar-refractivity contribution in [3.8, 4) is 17.6 Å². The minimum absolute atomic E-state index is 0.00722. The third kappa shape index (κ3) is 4.07. The van der Waals surface area contributed by atoms with Crippen LogP contribution in [0.5, 0.6) is 5.75 Å². The highest BCUT2D eigenvalue weighted by atomic mass is 16.6. The van der Waals surface area contributed by atoms with Gasteiger partial charge in [-0.2, -0.15) is 0 Å². The van der Waals surface area contributed by atoms with Gasteiger partial charge < -0.3 is 10.1 Å². The first-order chi connectivity index (χ1) is 8.69. The Labute approximate surface area is 106 Å². The van der Waals surface area contributed by atoms with Gasteiger partial charge >= 0.3 is 5.69 Å². The van der Waals surface area contributed by atoms with E-state index in [1.165, 1.54) is 6.07 Å². The minimum atomic E-state index is -0.431. The Hall–Kier alpha value is -2.06. The number of nitrogens with zero attached hydrogens (tertiary/aromatic N) is 1. The summed E-state index contributed by atoms with van der Waals surface area (Å²) in [5.74, 6) is 5.88. The Kier molecular flexibility index (Phi) is 5.68. The van der Waals surface area contributed by atoms with Crippen molar-refractivity contribution in [1.82, 2.24) is 5.32 Å². The highest BCUT2D eigenvalue weighted by molar-refractivity contribution is 5.48. The summed E-state index contributed by atoms with van der Waals surface area (Å²) in [6.07, 6.45) is 0.561. The van der Waals surface area contributed by atoms with Crippen molar-refractivity contribution in [2.45, 2.75) is 19.9 Å². The zero-order valence-corrected chi connectivity index (χ0v) is 10.5. The summed E-state index contributed by atoms with van der Waals surface area (Å²) in [5, 5.41) is 13.9. The van der Waals surface area contributed by atoms with Gasteiger partial charge in [-0.25, -0.2) is 0 Å². The van der Waals surface area contributed by atoms with Crippen LogP contribution in [0.25, 0.3) is 0 Å². The molecule has 0 atom stereocenters. The molecule has 0 saturated carbocycles.